The van der Waals surface area contributed by atoms with E-state index in [1.165, 1.54) is 5.56 Å². The van der Waals surface area contributed by atoms with Gasteiger partial charge in [-0.1, -0.05) is 86.7 Å². The molecule has 0 unspecified atom stereocenters. The molecule has 0 atom stereocenters. The summed E-state index contributed by atoms with van der Waals surface area (Å²) in [4.78, 5) is 12.7. The number of aryl methyl sites for hydroxylation is 1. The van der Waals surface area contributed by atoms with Crippen molar-refractivity contribution >= 4 is 5.78 Å². The zero-order chi connectivity index (χ0) is 19.4. The van der Waals surface area contributed by atoms with Gasteiger partial charge in [-0.25, -0.2) is 0 Å². The summed E-state index contributed by atoms with van der Waals surface area (Å²) in [6, 6.07) is 23.5. The first-order valence-corrected chi connectivity index (χ1v) is 9.17. The molecule has 0 heterocycles. The summed E-state index contributed by atoms with van der Waals surface area (Å²) < 4.78 is 0. The quantitative estimate of drug-likeness (QED) is 0.413. The smallest absolute Gasteiger partial charge is 0.193 e. The van der Waals surface area contributed by atoms with Crippen molar-refractivity contribution in [2.24, 2.45) is 0 Å². The molecule has 1 heteroatoms. The van der Waals surface area contributed by atoms with Gasteiger partial charge in [0, 0.05) is 22.3 Å². The Hall–Kier alpha value is -3.11. The van der Waals surface area contributed by atoms with E-state index in [0.29, 0.717) is 11.1 Å². The minimum atomic E-state index is 0.0215. The highest BCUT2D eigenvalue weighted by Crippen LogP contribution is 2.22. The first kappa shape index (κ1) is 18.7. The summed E-state index contributed by atoms with van der Waals surface area (Å²) in [7, 11) is 0. The average Bonchev–Trinajstić information content (AvgIpc) is 2.66. The van der Waals surface area contributed by atoms with Gasteiger partial charge < -0.3 is 0 Å². The Morgan fingerprint density at radius 3 is 2.00 bits per heavy atom. The van der Waals surface area contributed by atoms with E-state index in [0.717, 1.165) is 16.7 Å². The van der Waals surface area contributed by atoms with Crippen LogP contribution in [0.15, 0.2) is 72.8 Å². The molecule has 134 valence electrons. The second-order valence-electron chi connectivity index (χ2n) is 7.85. The number of benzene rings is 3. The molecule has 3 rings (SSSR count). The van der Waals surface area contributed by atoms with Gasteiger partial charge in [-0.05, 0) is 42.2 Å². The highest BCUT2D eigenvalue weighted by molar-refractivity contribution is 6.09. The van der Waals surface area contributed by atoms with Crippen LogP contribution in [-0.4, -0.2) is 5.78 Å². The summed E-state index contributed by atoms with van der Waals surface area (Å²) in [5.74, 6) is 6.39. The van der Waals surface area contributed by atoms with Gasteiger partial charge in [0.2, 0.25) is 0 Å². The second kappa shape index (κ2) is 7.64. The van der Waals surface area contributed by atoms with Gasteiger partial charge >= 0.3 is 0 Å². The molecule has 1 nitrogen and oxygen atoms in total. The first-order chi connectivity index (χ1) is 12.8. The lowest BCUT2D eigenvalue weighted by atomic mass is 9.87. The fraction of sp³-hybridized carbons (Fsp3) is 0.192. The predicted molar refractivity (Wildman–Crippen MR) is 112 cm³/mol. The van der Waals surface area contributed by atoms with Crippen molar-refractivity contribution in [3.63, 3.8) is 0 Å². The van der Waals surface area contributed by atoms with Gasteiger partial charge in [-0.15, -0.1) is 0 Å². The van der Waals surface area contributed by atoms with Crippen molar-refractivity contribution in [1.82, 2.24) is 0 Å². The molecule has 0 aliphatic heterocycles. The minimum Gasteiger partial charge on any atom is -0.289 e. The van der Waals surface area contributed by atoms with Crippen molar-refractivity contribution in [1.29, 1.82) is 0 Å². The summed E-state index contributed by atoms with van der Waals surface area (Å²) in [5, 5.41) is 0. The molecule has 3 aromatic rings. The Balaban J connectivity index is 1.81. The summed E-state index contributed by atoms with van der Waals surface area (Å²) in [6.07, 6.45) is 0. The molecule has 0 amide bonds. The van der Waals surface area contributed by atoms with Crippen molar-refractivity contribution in [2.75, 3.05) is 0 Å². The van der Waals surface area contributed by atoms with Crippen LogP contribution in [-0.2, 0) is 5.41 Å². The topological polar surface area (TPSA) is 17.1 Å². The van der Waals surface area contributed by atoms with E-state index in [2.05, 4.69) is 56.9 Å². The number of ketones is 1. The number of rotatable bonds is 2. The third-order valence-corrected chi connectivity index (χ3v) is 4.54. The van der Waals surface area contributed by atoms with Gasteiger partial charge in [0.25, 0.3) is 0 Å². The fourth-order valence-electron chi connectivity index (χ4n) is 2.81. The van der Waals surface area contributed by atoms with Gasteiger partial charge in [-0.3, -0.25) is 4.79 Å². The SMILES string of the molecule is Cc1ccc(C(=O)c2cccc(C#Cc3ccc(C(C)(C)C)cc3)c2)cc1. The maximum Gasteiger partial charge on any atom is 0.193 e. The Bertz CT molecular complexity index is 1000. The van der Waals surface area contributed by atoms with Gasteiger partial charge in [0.15, 0.2) is 5.78 Å². The van der Waals surface area contributed by atoms with Crippen molar-refractivity contribution < 1.29 is 4.79 Å². The molecular weight excluding hydrogens is 328 g/mol. The van der Waals surface area contributed by atoms with Crippen LogP contribution in [0.2, 0.25) is 0 Å². The van der Waals surface area contributed by atoms with Gasteiger partial charge in [0.05, 0.1) is 0 Å². The zero-order valence-corrected chi connectivity index (χ0v) is 16.3. The molecule has 0 fully saturated rings. The lowest BCUT2D eigenvalue weighted by molar-refractivity contribution is 0.103. The van der Waals surface area contributed by atoms with Crippen LogP contribution in [0.4, 0.5) is 0 Å². The Labute approximate surface area is 162 Å². The Morgan fingerprint density at radius 1 is 0.741 bits per heavy atom. The van der Waals surface area contributed by atoms with Crippen LogP contribution in [0, 0.1) is 18.8 Å². The van der Waals surface area contributed by atoms with E-state index in [4.69, 9.17) is 0 Å². The van der Waals surface area contributed by atoms with E-state index in [1.807, 2.05) is 55.5 Å². The van der Waals surface area contributed by atoms with Crippen LogP contribution in [0.25, 0.3) is 0 Å². The van der Waals surface area contributed by atoms with Crippen molar-refractivity contribution in [3.8, 4) is 11.8 Å². The van der Waals surface area contributed by atoms with Crippen molar-refractivity contribution in [2.45, 2.75) is 33.1 Å². The highest BCUT2D eigenvalue weighted by Gasteiger charge is 2.12. The molecule has 0 aliphatic carbocycles. The molecule has 0 saturated carbocycles. The molecule has 0 saturated heterocycles. The normalized spacial score (nSPS) is 10.8. The lowest BCUT2D eigenvalue weighted by Crippen LogP contribution is -2.10. The molecular formula is C26H24O. The molecule has 0 aliphatic rings. The fourth-order valence-corrected chi connectivity index (χ4v) is 2.81. The largest absolute Gasteiger partial charge is 0.289 e. The minimum absolute atomic E-state index is 0.0215. The van der Waals surface area contributed by atoms with Gasteiger partial charge in [-0.2, -0.15) is 0 Å². The van der Waals surface area contributed by atoms with E-state index < -0.39 is 0 Å². The third kappa shape index (κ3) is 4.74. The van der Waals surface area contributed by atoms with Gasteiger partial charge in [0.1, 0.15) is 0 Å². The summed E-state index contributed by atoms with van der Waals surface area (Å²) in [6.45, 7) is 8.61. The van der Waals surface area contributed by atoms with Crippen LogP contribution in [0.3, 0.4) is 0 Å². The number of carbonyl (C=O) groups excluding carboxylic acids is 1. The molecule has 0 spiro atoms. The number of hydrogen-bond acceptors (Lipinski definition) is 1. The first-order valence-electron chi connectivity index (χ1n) is 9.17. The number of hydrogen-bond donors (Lipinski definition) is 0. The van der Waals surface area contributed by atoms with Crippen LogP contribution < -0.4 is 0 Å². The maximum atomic E-state index is 12.7. The standard InChI is InChI=1S/C26H24O/c1-19-8-14-22(15-9-19)25(27)23-7-5-6-21(18-23)11-10-20-12-16-24(17-13-20)26(2,3)4/h5-9,12-18H,1-4H3. The molecule has 0 radical (unpaired) electrons. The summed E-state index contributed by atoms with van der Waals surface area (Å²) in [5.41, 5.74) is 5.74. The Kier molecular flexibility index (Phi) is 5.28. The zero-order valence-electron chi connectivity index (χ0n) is 16.3. The highest BCUT2D eigenvalue weighted by atomic mass is 16.1. The van der Waals surface area contributed by atoms with Crippen LogP contribution >= 0.6 is 0 Å². The molecule has 0 aromatic heterocycles. The van der Waals surface area contributed by atoms with E-state index >= 15 is 0 Å². The van der Waals surface area contributed by atoms with Crippen LogP contribution in [0.5, 0.6) is 0 Å². The molecule has 0 N–H and O–H groups in total. The average molecular weight is 352 g/mol. The lowest BCUT2D eigenvalue weighted by Gasteiger charge is -2.18. The molecule has 27 heavy (non-hydrogen) atoms. The van der Waals surface area contributed by atoms with E-state index in [-0.39, 0.29) is 11.2 Å². The summed E-state index contributed by atoms with van der Waals surface area (Å²) >= 11 is 0. The number of carbonyl (C=O) groups is 1. The molecule has 3 aromatic carbocycles. The van der Waals surface area contributed by atoms with Crippen LogP contribution in [0.1, 0.15) is 58.9 Å². The Morgan fingerprint density at radius 2 is 1.37 bits per heavy atom. The predicted octanol–water partition coefficient (Wildman–Crippen LogP) is 5.92. The third-order valence-electron chi connectivity index (χ3n) is 4.54. The monoisotopic (exact) mass is 352 g/mol. The van der Waals surface area contributed by atoms with E-state index in [1.54, 1.807) is 0 Å². The van der Waals surface area contributed by atoms with E-state index in [9.17, 15) is 4.79 Å². The van der Waals surface area contributed by atoms with Crippen molar-refractivity contribution in [3.05, 3.63) is 106 Å². The molecule has 0 bridgehead atoms. The maximum absolute atomic E-state index is 12.7. The second-order valence-corrected chi connectivity index (χ2v) is 7.85.